The van der Waals surface area contributed by atoms with Crippen LogP contribution in [-0.4, -0.2) is 19.5 Å². The number of hydrogen-bond acceptors (Lipinski definition) is 5. The fourth-order valence-electron chi connectivity index (χ4n) is 8.37. The number of thiophene rings is 1. The number of rotatable bonds is 5. The highest BCUT2D eigenvalue weighted by atomic mass is 32.1. The molecule has 266 valence electrons. The van der Waals surface area contributed by atoms with Gasteiger partial charge in [-0.3, -0.25) is 0 Å². The Morgan fingerprint density at radius 1 is 0.386 bits per heavy atom. The van der Waals surface area contributed by atoms with Crippen LogP contribution >= 0.6 is 11.3 Å². The van der Waals surface area contributed by atoms with Gasteiger partial charge in [0.25, 0.3) is 0 Å². The molecule has 0 aliphatic carbocycles. The van der Waals surface area contributed by atoms with Crippen LogP contribution in [-0.2, 0) is 0 Å². The fraction of sp³-hybridized carbons (Fsp3) is 0. The van der Waals surface area contributed by atoms with Crippen molar-refractivity contribution in [3.63, 3.8) is 0 Å². The molecule has 6 heteroatoms. The van der Waals surface area contributed by atoms with E-state index >= 15 is 0 Å². The second kappa shape index (κ2) is 12.6. The summed E-state index contributed by atoms with van der Waals surface area (Å²) in [6, 6.07) is 63.9. The van der Waals surface area contributed by atoms with Crippen LogP contribution in [0.1, 0.15) is 0 Å². The van der Waals surface area contributed by atoms with E-state index in [0.717, 1.165) is 49.8 Å². The Kier molecular flexibility index (Phi) is 7.03. The smallest absolute Gasteiger partial charge is 0.165 e. The first-order chi connectivity index (χ1) is 28.2. The van der Waals surface area contributed by atoms with Gasteiger partial charge in [-0.25, -0.2) is 15.0 Å². The number of aromatic nitrogens is 4. The summed E-state index contributed by atoms with van der Waals surface area (Å²) < 4.78 is 11.3. The quantitative estimate of drug-likeness (QED) is 0.176. The standard InChI is InChI=1S/C51H30N4OS/c1-3-12-31(13-4-1)33-23-26-44-41(28-33)36-16-7-9-20-43(36)55(44)35-24-27-45-42(30-35)37-25-22-34(29-46(37)56-45)50-52-49(32-14-5-2-6-15-32)53-51(54-50)40-19-11-18-39-38-17-8-10-21-47(38)57-48(39)40/h1-30H. The van der Waals surface area contributed by atoms with Crippen LogP contribution in [0.2, 0.25) is 0 Å². The molecule has 0 aliphatic heterocycles. The Bertz CT molecular complexity index is 3530. The highest BCUT2D eigenvalue weighted by molar-refractivity contribution is 7.26. The molecule has 12 rings (SSSR count). The first kappa shape index (κ1) is 31.9. The summed E-state index contributed by atoms with van der Waals surface area (Å²) >= 11 is 1.77. The summed E-state index contributed by atoms with van der Waals surface area (Å²) in [5, 5.41) is 6.99. The van der Waals surface area contributed by atoms with E-state index in [0.29, 0.717) is 17.5 Å². The Labute approximate surface area is 330 Å². The van der Waals surface area contributed by atoms with E-state index in [1.54, 1.807) is 11.3 Å². The molecule has 8 aromatic carbocycles. The average Bonchev–Trinajstić information content (AvgIpc) is 3.95. The first-order valence-electron chi connectivity index (χ1n) is 19.0. The molecule has 0 N–H and O–H groups in total. The monoisotopic (exact) mass is 746 g/mol. The Morgan fingerprint density at radius 2 is 1.07 bits per heavy atom. The lowest BCUT2D eigenvalue weighted by molar-refractivity contribution is 0.669. The molecule has 4 aromatic heterocycles. The van der Waals surface area contributed by atoms with E-state index in [1.165, 1.54) is 47.6 Å². The van der Waals surface area contributed by atoms with Gasteiger partial charge in [-0.15, -0.1) is 11.3 Å². The van der Waals surface area contributed by atoms with Gasteiger partial charge in [0.05, 0.1) is 11.0 Å². The fourth-order valence-corrected chi connectivity index (χ4v) is 9.58. The van der Waals surface area contributed by atoms with Crippen LogP contribution < -0.4 is 0 Å². The minimum atomic E-state index is 0.597. The van der Waals surface area contributed by atoms with Gasteiger partial charge in [0.1, 0.15) is 11.2 Å². The van der Waals surface area contributed by atoms with E-state index in [1.807, 2.05) is 30.3 Å². The normalized spacial score (nSPS) is 11.9. The minimum absolute atomic E-state index is 0.597. The molecular formula is C51H30N4OS. The summed E-state index contributed by atoms with van der Waals surface area (Å²) in [5.41, 5.74) is 10.2. The minimum Gasteiger partial charge on any atom is -0.456 e. The zero-order valence-electron chi connectivity index (χ0n) is 30.4. The molecule has 0 saturated heterocycles. The van der Waals surface area contributed by atoms with Gasteiger partial charge >= 0.3 is 0 Å². The molecule has 0 spiro atoms. The van der Waals surface area contributed by atoms with Gasteiger partial charge in [-0.1, -0.05) is 121 Å². The van der Waals surface area contributed by atoms with E-state index < -0.39 is 0 Å². The molecular weight excluding hydrogens is 717 g/mol. The average molecular weight is 747 g/mol. The molecule has 0 radical (unpaired) electrons. The molecule has 0 unspecified atom stereocenters. The highest BCUT2D eigenvalue weighted by Gasteiger charge is 2.19. The predicted molar refractivity (Wildman–Crippen MR) is 236 cm³/mol. The van der Waals surface area contributed by atoms with Crippen molar-refractivity contribution in [1.29, 1.82) is 0 Å². The maximum Gasteiger partial charge on any atom is 0.165 e. The SMILES string of the molecule is c1ccc(-c2ccc3c(c2)c2ccccc2n3-c2ccc3oc4cc(-c5nc(-c6ccccc6)nc(-c6cccc7c6sc6ccccc67)n5)ccc4c3c2)cc1. The number of para-hydroxylation sites is 1. The maximum atomic E-state index is 6.57. The molecule has 5 nitrogen and oxygen atoms in total. The molecule has 0 amide bonds. The van der Waals surface area contributed by atoms with E-state index in [4.69, 9.17) is 19.4 Å². The lowest BCUT2D eigenvalue weighted by atomic mass is 10.0. The zero-order valence-corrected chi connectivity index (χ0v) is 31.2. The summed E-state index contributed by atoms with van der Waals surface area (Å²) in [5.74, 6) is 1.87. The zero-order chi connectivity index (χ0) is 37.5. The molecule has 12 aromatic rings. The van der Waals surface area contributed by atoms with E-state index in [9.17, 15) is 0 Å². The van der Waals surface area contributed by atoms with Crippen molar-refractivity contribution in [3.05, 3.63) is 182 Å². The summed E-state index contributed by atoms with van der Waals surface area (Å²) in [6.07, 6.45) is 0. The van der Waals surface area contributed by atoms with Crippen molar-refractivity contribution >= 4 is 75.3 Å². The number of hydrogen-bond donors (Lipinski definition) is 0. The highest BCUT2D eigenvalue weighted by Crippen LogP contribution is 2.41. The molecule has 0 bridgehead atoms. The van der Waals surface area contributed by atoms with Crippen molar-refractivity contribution in [1.82, 2.24) is 19.5 Å². The van der Waals surface area contributed by atoms with Crippen molar-refractivity contribution in [2.45, 2.75) is 0 Å². The van der Waals surface area contributed by atoms with Crippen molar-refractivity contribution in [2.24, 2.45) is 0 Å². The molecule has 0 atom stereocenters. The van der Waals surface area contributed by atoms with Crippen molar-refractivity contribution in [2.75, 3.05) is 0 Å². The van der Waals surface area contributed by atoms with E-state index in [2.05, 4.69) is 156 Å². The molecule has 4 heterocycles. The Balaban J connectivity index is 0.998. The van der Waals surface area contributed by atoms with Gasteiger partial charge in [0, 0.05) is 64.1 Å². The Morgan fingerprint density at radius 3 is 1.93 bits per heavy atom. The third-order valence-electron chi connectivity index (χ3n) is 11.1. The molecule has 0 aliphatic rings. The van der Waals surface area contributed by atoms with Gasteiger partial charge in [-0.2, -0.15) is 0 Å². The first-order valence-corrected chi connectivity index (χ1v) is 19.8. The van der Waals surface area contributed by atoms with Gasteiger partial charge in [0.2, 0.25) is 0 Å². The third kappa shape index (κ3) is 5.12. The predicted octanol–water partition coefficient (Wildman–Crippen LogP) is 13.9. The maximum absolute atomic E-state index is 6.57. The van der Waals surface area contributed by atoms with E-state index in [-0.39, 0.29) is 0 Å². The number of nitrogens with zero attached hydrogens (tertiary/aromatic N) is 4. The van der Waals surface area contributed by atoms with Gasteiger partial charge in [-0.05, 0) is 71.8 Å². The summed E-state index contributed by atoms with van der Waals surface area (Å²) in [7, 11) is 0. The molecule has 0 saturated carbocycles. The largest absolute Gasteiger partial charge is 0.456 e. The van der Waals surface area contributed by atoms with Crippen LogP contribution in [0.3, 0.4) is 0 Å². The third-order valence-corrected chi connectivity index (χ3v) is 12.3. The topological polar surface area (TPSA) is 56.7 Å². The second-order valence-corrected chi connectivity index (χ2v) is 15.4. The summed E-state index contributed by atoms with van der Waals surface area (Å²) in [4.78, 5) is 15.3. The van der Waals surface area contributed by atoms with Crippen LogP contribution in [0, 0.1) is 0 Å². The van der Waals surface area contributed by atoms with Gasteiger partial charge in [0.15, 0.2) is 17.5 Å². The van der Waals surface area contributed by atoms with Crippen molar-refractivity contribution in [3.8, 4) is 51.0 Å². The summed E-state index contributed by atoms with van der Waals surface area (Å²) in [6.45, 7) is 0. The lowest BCUT2D eigenvalue weighted by Crippen LogP contribution is -2.00. The van der Waals surface area contributed by atoms with Crippen LogP contribution in [0.5, 0.6) is 0 Å². The molecule has 57 heavy (non-hydrogen) atoms. The van der Waals surface area contributed by atoms with Crippen LogP contribution in [0.4, 0.5) is 0 Å². The second-order valence-electron chi connectivity index (χ2n) is 14.4. The van der Waals surface area contributed by atoms with Crippen LogP contribution in [0.15, 0.2) is 186 Å². The number of furan rings is 1. The van der Waals surface area contributed by atoms with Crippen molar-refractivity contribution < 1.29 is 4.42 Å². The van der Waals surface area contributed by atoms with Crippen LogP contribution in [0.25, 0.3) is 115 Å². The molecule has 0 fully saturated rings. The lowest BCUT2D eigenvalue weighted by Gasteiger charge is -2.09. The van der Waals surface area contributed by atoms with Gasteiger partial charge < -0.3 is 8.98 Å². The number of fused-ring (bicyclic) bond motifs is 9. The Hall–Kier alpha value is -7.41. The number of benzene rings is 8.